The highest BCUT2D eigenvalue weighted by atomic mass is 32.2. The number of carbonyl (C=O) groups is 1. The van der Waals surface area contributed by atoms with Crippen molar-refractivity contribution in [1.29, 1.82) is 0 Å². The zero-order valence-electron chi connectivity index (χ0n) is 18.6. The van der Waals surface area contributed by atoms with Crippen LogP contribution in [0, 0.1) is 20.8 Å². The molecule has 1 N–H and O–H groups in total. The lowest BCUT2D eigenvalue weighted by Gasteiger charge is -2.11. The molecule has 9 heteroatoms. The first-order chi connectivity index (χ1) is 16.0. The first-order valence-electron chi connectivity index (χ1n) is 10.4. The Labute approximate surface area is 201 Å². The second-order valence-corrected chi connectivity index (χ2v) is 9.33. The van der Waals surface area contributed by atoms with Crippen LogP contribution in [0.25, 0.3) is 5.69 Å². The van der Waals surface area contributed by atoms with E-state index in [1.54, 1.807) is 0 Å². The van der Waals surface area contributed by atoms with Gasteiger partial charge in [-0.05, 0) is 50.6 Å². The Morgan fingerprint density at radius 1 is 0.909 bits per heavy atom. The quantitative estimate of drug-likeness (QED) is 0.283. The number of hydrogen-bond acceptors (Lipinski definition) is 7. The van der Waals surface area contributed by atoms with Crippen LogP contribution in [-0.2, 0) is 10.5 Å². The normalized spacial score (nSPS) is 10.9. The van der Waals surface area contributed by atoms with Gasteiger partial charge in [-0.15, -0.1) is 10.2 Å². The molecule has 0 radical (unpaired) electrons. The largest absolute Gasteiger partial charge is 0.325 e. The van der Waals surface area contributed by atoms with Crippen molar-refractivity contribution in [3.05, 3.63) is 83.4 Å². The van der Waals surface area contributed by atoms with Gasteiger partial charge >= 0.3 is 0 Å². The minimum absolute atomic E-state index is 0.0866. The van der Waals surface area contributed by atoms with Crippen molar-refractivity contribution in [2.75, 3.05) is 11.1 Å². The lowest BCUT2D eigenvalue weighted by atomic mass is 10.2. The molecule has 2 aromatic carbocycles. The van der Waals surface area contributed by atoms with Gasteiger partial charge in [-0.2, -0.15) is 0 Å². The van der Waals surface area contributed by atoms with E-state index in [-0.39, 0.29) is 11.7 Å². The maximum Gasteiger partial charge on any atom is 0.234 e. The van der Waals surface area contributed by atoms with Gasteiger partial charge in [0.25, 0.3) is 0 Å². The monoisotopic (exact) mass is 476 g/mol. The molecule has 0 saturated carbocycles. The molecule has 4 rings (SSSR count). The number of rotatable bonds is 8. The van der Waals surface area contributed by atoms with Crippen LogP contribution in [0.3, 0.4) is 0 Å². The van der Waals surface area contributed by atoms with Crippen molar-refractivity contribution >= 4 is 35.1 Å². The Balaban J connectivity index is 1.51. The standard InChI is InChI=1S/C24H24N6OS2/c1-16-9-7-8-12-20(16)27-22(31)15-33-24-29-28-21(30(24)19-10-5-4-6-11-19)14-32-23-25-17(2)13-18(3)26-23/h4-13H,14-15H2,1-3H3,(H,27,31). The summed E-state index contributed by atoms with van der Waals surface area (Å²) in [6.07, 6.45) is 0. The number of nitrogens with zero attached hydrogens (tertiary/aromatic N) is 5. The summed E-state index contributed by atoms with van der Waals surface area (Å²) in [5, 5.41) is 13.1. The maximum atomic E-state index is 12.6. The first-order valence-corrected chi connectivity index (χ1v) is 12.4. The van der Waals surface area contributed by atoms with Crippen molar-refractivity contribution in [3.8, 4) is 5.69 Å². The number of carbonyl (C=O) groups excluding carboxylic acids is 1. The fraction of sp³-hybridized carbons (Fsp3) is 0.208. The Bertz CT molecular complexity index is 1240. The number of amides is 1. The number of benzene rings is 2. The molecule has 0 spiro atoms. The minimum Gasteiger partial charge on any atom is -0.325 e. The number of anilines is 1. The Kier molecular flexibility index (Phi) is 7.41. The van der Waals surface area contributed by atoms with Gasteiger partial charge in [-0.25, -0.2) is 9.97 Å². The summed E-state index contributed by atoms with van der Waals surface area (Å²) >= 11 is 2.88. The highest BCUT2D eigenvalue weighted by Gasteiger charge is 2.17. The molecular formula is C24H24N6OS2. The van der Waals surface area contributed by atoms with Crippen LogP contribution in [0.5, 0.6) is 0 Å². The molecule has 168 valence electrons. The molecule has 1 amide bonds. The highest BCUT2D eigenvalue weighted by Crippen LogP contribution is 2.26. The molecule has 4 aromatic rings. The zero-order valence-corrected chi connectivity index (χ0v) is 20.3. The summed E-state index contributed by atoms with van der Waals surface area (Å²) in [5.41, 5.74) is 4.66. The predicted octanol–water partition coefficient (Wildman–Crippen LogP) is 5.01. The van der Waals surface area contributed by atoms with Crippen LogP contribution in [0.1, 0.15) is 22.8 Å². The fourth-order valence-electron chi connectivity index (χ4n) is 3.24. The Morgan fingerprint density at radius 2 is 1.61 bits per heavy atom. The number of aryl methyl sites for hydroxylation is 3. The van der Waals surface area contributed by atoms with Gasteiger partial charge in [0.05, 0.1) is 11.5 Å². The average molecular weight is 477 g/mol. The number of hydrogen-bond donors (Lipinski definition) is 1. The molecule has 0 aliphatic rings. The van der Waals surface area contributed by atoms with Crippen LogP contribution in [0.15, 0.2) is 71.0 Å². The van der Waals surface area contributed by atoms with Crippen LogP contribution in [0.4, 0.5) is 5.69 Å². The average Bonchev–Trinajstić information content (AvgIpc) is 3.21. The molecule has 2 heterocycles. The summed E-state index contributed by atoms with van der Waals surface area (Å²) in [6, 6.07) is 19.6. The van der Waals surface area contributed by atoms with Gasteiger partial charge in [0, 0.05) is 22.8 Å². The van der Waals surface area contributed by atoms with Gasteiger partial charge in [0.1, 0.15) is 5.82 Å². The second kappa shape index (κ2) is 10.6. The van der Waals surface area contributed by atoms with Crippen LogP contribution in [0.2, 0.25) is 0 Å². The van der Waals surface area contributed by atoms with E-state index >= 15 is 0 Å². The van der Waals surface area contributed by atoms with Crippen molar-refractivity contribution in [1.82, 2.24) is 24.7 Å². The summed E-state index contributed by atoms with van der Waals surface area (Å²) in [5.74, 6) is 1.47. The van der Waals surface area contributed by atoms with Crippen molar-refractivity contribution in [2.45, 2.75) is 36.8 Å². The van der Waals surface area contributed by atoms with Crippen molar-refractivity contribution < 1.29 is 4.79 Å². The number of thioether (sulfide) groups is 2. The molecule has 0 saturated heterocycles. The number of para-hydroxylation sites is 2. The molecule has 0 aliphatic carbocycles. The smallest absolute Gasteiger partial charge is 0.234 e. The van der Waals surface area contributed by atoms with E-state index in [1.165, 1.54) is 23.5 Å². The van der Waals surface area contributed by atoms with Gasteiger partial charge in [-0.3, -0.25) is 9.36 Å². The first kappa shape index (κ1) is 23.0. The lowest BCUT2D eigenvalue weighted by molar-refractivity contribution is -0.113. The van der Waals surface area contributed by atoms with Gasteiger partial charge in [0.2, 0.25) is 5.91 Å². The van der Waals surface area contributed by atoms with Gasteiger partial charge < -0.3 is 5.32 Å². The summed E-state index contributed by atoms with van der Waals surface area (Å²) < 4.78 is 1.99. The van der Waals surface area contributed by atoms with E-state index in [0.717, 1.165) is 34.2 Å². The molecule has 0 unspecified atom stereocenters. The summed E-state index contributed by atoms with van der Waals surface area (Å²) in [4.78, 5) is 21.6. The molecular weight excluding hydrogens is 452 g/mol. The maximum absolute atomic E-state index is 12.6. The number of nitrogens with one attached hydrogen (secondary N) is 1. The van der Waals surface area contributed by atoms with Crippen LogP contribution >= 0.6 is 23.5 Å². The Morgan fingerprint density at radius 3 is 2.33 bits per heavy atom. The molecule has 0 fully saturated rings. The third-order valence-corrected chi connectivity index (χ3v) is 6.53. The van der Waals surface area contributed by atoms with E-state index in [4.69, 9.17) is 0 Å². The van der Waals surface area contributed by atoms with E-state index < -0.39 is 0 Å². The summed E-state index contributed by atoms with van der Waals surface area (Å²) in [6.45, 7) is 5.89. The molecule has 33 heavy (non-hydrogen) atoms. The van der Waals surface area contributed by atoms with E-state index in [2.05, 4.69) is 25.5 Å². The van der Waals surface area contributed by atoms with Crippen molar-refractivity contribution in [2.24, 2.45) is 0 Å². The third kappa shape index (κ3) is 6.00. The van der Waals surface area contributed by atoms with Crippen LogP contribution < -0.4 is 5.32 Å². The molecule has 7 nitrogen and oxygen atoms in total. The van der Waals surface area contributed by atoms with Gasteiger partial charge in [0.15, 0.2) is 10.3 Å². The van der Waals surface area contributed by atoms with E-state index in [1.807, 2.05) is 86.0 Å². The number of aromatic nitrogens is 5. The molecule has 0 bridgehead atoms. The lowest BCUT2D eigenvalue weighted by Crippen LogP contribution is -2.15. The van der Waals surface area contributed by atoms with Gasteiger partial charge in [-0.1, -0.05) is 59.9 Å². The fourth-order valence-corrected chi connectivity index (χ4v) is 4.87. The SMILES string of the molecule is Cc1cc(C)nc(SCc2nnc(SCC(=O)Nc3ccccc3C)n2-c2ccccc2)n1. The second-order valence-electron chi connectivity index (χ2n) is 7.44. The Hall–Kier alpha value is -3.17. The summed E-state index contributed by atoms with van der Waals surface area (Å²) in [7, 11) is 0. The minimum atomic E-state index is -0.0866. The molecule has 2 aromatic heterocycles. The third-order valence-electron chi connectivity index (χ3n) is 4.76. The topological polar surface area (TPSA) is 85.6 Å². The zero-order chi connectivity index (χ0) is 23.2. The molecule has 0 atom stereocenters. The van der Waals surface area contributed by atoms with E-state index in [0.29, 0.717) is 16.1 Å². The highest BCUT2D eigenvalue weighted by molar-refractivity contribution is 7.99. The molecule has 0 aliphatic heterocycles. The van der Waals surface area contributed by atoms with E-state index in [9.17, 15) is 4.79 Å². The van der Waals surface area contributed by atoms with Crippen molar-refractivity contribution in [3.63, 3.8) is 0 Å². The predicted molar refractivity (Wildman–Crippen MR) is 133 cm³/mol. The van der Waals surface area contributed by atoms with Crippen LogP contribution in [-0.4, -0.2) is 36.4 Å².